The standard InChI is InChI=1S/C21H31N3O2/c25-20(9-6-17-10-12-22-13-11-17)23-16-18-4-7-19(8-5-18)21(26)24-14-2-1-3-15-24/h4-5,7-8,17,22H,1-3,6,9-16H2,(H,23,25). The molecule has 2 aliphatic rings. The van der Waals surface area contributed by atoms with E-state index in [0.29, 0.717) is 18.9 Å². The van der Waals surface area contributed by atoms with Crippen molar-refractivity contribution < 1.29 is 9.59 Å². The van der Waals surface area contributed by atoms with E-state index < -0.39 is 0 Å². The predicted octanol–water partition coefficient (Wildman–Crippen LogP) is 2.71. The lowest BCUT2D eigenvalue weighted by Crippen LogP contribution is -2.35. The molecule has 3 rings (SSSR count). The third-order valence-corrected chi connectivity index (χ3v) is 5.57. The van der Waals surface area contributed by atoms with E-state index >= 15 is 0 Å². The summed E-state index contributed by atoms with van der Waals surface area (Å²) in [6.45, 7) is 4.42. The van der Waals surface area contributed by atoms with Crippen LogP contribution in [0.4, 0.5) is 0 Å². The molecule has 0 saturated carbocycles. The van der Waals surface area contributed by atoms with E-state index in [0.717, 1.165) is 56.6 Å². The van der Waals surface area contributed by atoms with Gasteiger partial charge in [-0.15, -0.1) is 0 Å². The Kier molecular flexibility index (Phi) is 7.06. The number of carbonyl (C=O) groups excluding carboxylic acids is 2. The SMILES string of the molecule is O=C(CCC1CCNCC1)NCc1ccc(C(=O)N2CCCCC2)cc1. The topological polar surface area (TPSA) is 61.4 Å². The fourth-order valence-electron chi connectivity index (χ4n) is 3.84. The molecule has 2 N–H and O–H groups in total. The van der Waals surface area contributed by atoms with E-state index in [2.05, 4.69) is 10.6 Å². The van der Waals surface area contributed by atoms with Crippen LogP contribution in [0.15, 0.2) is 24.3 Å². The Bertz CT molecular complexity index is 588. The maximum Gasteiger partial charge on any atom is 0.253 e. The van der Waals surface area contributed by atoms with Crippen LogP contribution in [0.5, 0.6) is 0 Å². The van der Waals surface area contributed by atoms with Gasteiger partial charge in [0.05, 0.1) is 0 Å². The molecule has 0 bridgehead atoms. The minimum atomic E-state index is 0.122. The quantitative estimate of drug-likeness (QED) is 0.823. The summed E-state index contributed by atoms with van der Waals surface area (Å²) in [6, 6.07) is 7.66. The highest BCUT2D eigenvalue weighted by Crippen LogP contribution is 2.17. The lowest BCUT2D eigenvalue weighted by atomic mass is 9.93. The van der Waals surface area contributed by atoms with Gasteiger partial charge in [-0.25, -0.2) is 0 Å². The van der Waals surface area contributed by atoms with Crippen LogP contribution in [-0.2, 0) is 11.3 Å². The Morgan fingerprint density at radius 2 is 1.73 bits per heavy atom. The third-order valence-electron chi connectivity index (χ3n) is 5.57. The van der Waals surface area contributed by atoms with Gasteiger partial charge in [-0.3, -0.25) is 9.59 Å². The first-order chi connectivity index (χ1) is 12.7. The van der Waals surface area contributed by atoms with Gasteiger partial charge in [0.15, 0.2) is 0 Å². The van der Waals surface area contributed by atoms with Crippen molar-refractivity contribution in [1.82, 2.24) is 15.5 Å². The molecule has 142 valence electrons. The number of hydrogen-bond donors (Lipinski definition) is 2. The van der Waals surface area contributed by atoms with E-state index in [1.165, 1.54) is 19.3 Å². The maximum absolute atomic E-state index is 12.5. The summed E-state index contributed by atoms with van der Waals surface area (Å²) in [5.74, 6) is 0.932. The monoisotopic (exact) mass is 357 g/mol. The minimum absolute atomic E-state index is 0.122. The van der Waals surface area contributed by atoms with Crippen molar-refractivity contribution >= 4 is 11.8 Å². The highest BCUT2D eigenvalue weighted by Gasteiger charge is 2.18. The van der Waals surface area contributed by atoms with E-state index in [1.54, 1.807) is 0 Å². The predicted molar refractivity (Wildman–Crippen MR) is 103 cm³/mol. The van der Waals surface area contributed by atoms with Gasteiger partial charge in [0.1, 0.15) is 0 Å². The zero-order chi connectivity index (χ0) is 18.2. The van der Waals surface area contributed by atoms with Gasteiger partial charge in [0.2, 0.25) is 5.91 Å². The molecule has 5 nitrogen and oxygen atoms in total. The van der Waals surface area contributed by atoms with Crippen LogP contribution in [0, 0.1) is 5.92 Å². The van der Waals surface area contributed by atoms with Crippen LogP contribution >= 0.6 is 0 Å². The Labute approximate surface area is 156 Å². The van der Waals surface area contributed by atoms with Crippen molar-refractivity contribution in [3.63, 3.8) is 0 Å². The van der Waals surface area contributed by atoms with Crippen molar-refractivity contribution in [1.29, 1.82) is 0 Å². The molecule has 2 heterocycles. The second kappa shape index (κ2) is 9.72. The summed E-state index contributed by atoms with van der Waals surface area (Å²) in [6.07, 6.45) is 7.38. The normalized spacial score (nSPS) is 18.5. The van der Waals surface area contributed by atoms with Crippen LogP contribution < -0.4 is 10.6 Å². The first-order valence-electron chi connectivity index (χ1n) is 10.1. The second-order valence-electron chi connectivity index (χ2n) is 7.56. The molecule has 5 heteroatoms. The van der Waals surface area contributed by atoms with Crippen LogP contribution in [0.2, 0.25) is 0 Å². The van der Waals surface area contributed by atoms with Gasteiger partial charge < -0.3 is 15.5 Å². The van der Waals surface area contributed by atoms with Gasteiger partial charge in [-0.2, -0.15) is 0 Å². The van der Waals surface area contributed by atoms with E-state index in [4.69, 9.17) is 0 Å². The molecule has 1 aromatic carbocycles. The number of rotatable bonds is 6. The van der Waals surface area contributed by atoms with Gasteiger partial charge >= 0.3 is 0 Å². The molecule has 2 aliphatic heterocycles. The van der Waals surface area contributed by atoms with Crippen molar-refractivity contribution in [3.8, 4) is 0 Å². The lowest BCUT2D eigenvalue weighted by Gasteiger charge is -2.26. The molecule has 2 saturated heterocycles. The van der Waals surface area contributed by atoms with Gasteiger partial charge in [-0.1, -0.05) is 12.1 Å². The largest absolute Gasteiger partial charge is 0.352 e. The summed E-state index contributed by atoms with van der Waals surface area (Å²) < 4.78 is 0. The molecular formula is C21H31N3O2. The zero-order valence-electron chi connectivity index (χ0n) is 15.6. The molecule has 0 aromatic heterocycles. The number of likely N-dealkylation sites (tertiary alicyclic amines) is 1. The fraction of sp³-hybridized carbons (Fsp3) is 0.619. The smallest absolute Gasteiger partial charge is 0.253 e. The summed E-state index contributed by atoms with van der Waals surface area (Å²) >= 11 is 0. The summed E-state index contributed by atoms with van der Waals surface area (Å²) in [4.78, 5) is 26.5. The molecule has 2 fully saturated rings. The number of nitrogens with one attached hydrogen (secondary N) is 2. The van der Waals surface area contributed by atoms with Gasteiger partial charge in [0, 0.05) is 31.6 Å². The highest BCUT2D eigenvalue weighted by atomic mass is 16.2. The average Bonchev–Trinajstić information content (AvgIpc) is 2.72. The first kappa shape index (κ1) is 18.9. The van der Waals surface area contributed by atoms with E-state index in [1.807, 2.05) is 29.2 Å². The molecule has 1 aromatic rings. The van der Waals surface area contributed by atoms with Crippen LogP contribution in [-0.4, -0.2) is 42.9 Å². The van der Waals surface area contributed by atoms with Crippen molar-refractivity contribution in [3.05, 3.63) is 35.4 Å². The van der Waals surface area contributed by atoms with Crippen LogP contribution in [0.25, 0.3) is 0 Å². The molecule has 0 aliphatic carbocycles. The maximum atomic E-state index is 12.5. The summed E-state index contributed by atoms with van der Waals surface area (Å²) in [5, 5.41) is 6.36. The fourth-order valence-corrected chi connectivity index (χ4v) is 3.84. The number of benzene rings is 1. The Morgan fingerprint density at radius 1 is 1.04 bits per heavy atom. The number of piperidine rings is 2. The highest BCUT2D eigenvalue weighted by molar-refractivity contribution is 5.94. The van der Waals surface area contributed by atoms with Crippen molar-refractivity contribution in [2.75, 3.05) is 26.2 Å². The molecule has 0 atom stereocenters. The Balaban J connectivity index is 1.40. The molecular weight excluding hydrogens is 326 g/mol. The van der Waals surface area contributed by atoms with Gasteiger partial charge in [0.25, 0.3) is 5.91 Å². The molecule has 2 amide bonds. The first-order valence-corrected chi connectivity index (χ1v) is 10.1. The van der Waals surface area contributed by atoms with Crippen molar-refractivity contribution in [2.24, 2.45) is 5.92 Å². The Morgan fingerprint density at radius 3 is 2.42 bits per heavy atom. The molecule has 26 heavy (non-hydrogen) atoms. The number of nitrogens with zero attached hydrogens (tertiary/aromatic N) is 1. The average molecular weight is 357 g/mol. The van der Waals surface area contributed by atoms with Gasteiger partial charge in [-0.05, 0) is 75.2 Å². The summed E-state index contributed by atoms with van der Waals surface area (Å²) in [7, 11) is 0. The number of amides is 2. The van der Waals surface area contributed by atoms with Crippen molar-refractivity contribution in [2.45, 2.75) is 51.5 Å². The third kappa shape index (κ3) is 5.56. The Hall–Kier alpha value is -1.88. The zero-order valence-corrected chi connectivity index (χ0v) is 15.6. The van der Waals surface area contributed by atoms with Crippen LogP contribution in [0.3, 0.4) is 0 Å². The molecule has 0 radical (unpaired) electrons. The molecule has 0 spiro atoms. The number of hydrogen-bond acceptors (Lipinski definition) is 3. The summed E-state index contributed by atoms with van der Waals surface area (Å²) in [5.41, 5.74) is 1.78. The lowest BCUT2D eigenvalue weighted by molar-refractivity contribution is -0.121. The minimum Gasteiger partial charge on any atom is -0.352 e. The molecule has 0 unspecified atom stereocenters. The van der Waals surface area contributed by atoms with E-state index in [-0.39, 0.29) is 11.8 Å². The second-order valence-corrected chi connectivity index (χ2v) is 7.56. The van der Waals surface area contributed by atoms with E-state index in [9.17, 15) is 9.59 Å². The number of carbonyl (C=O) groups is 2. The van der Waals surface area contributed by atoms with Crippen LogP contribution in [0.1, 0.15) is 60.9 Å².